The van der Waals surface area contributed by atoms with Crippen molar-refractivity contribution < 1.29 is 46.7 Å². The van der Waals surface area contributed by atoms with E-state index >= 15 is 0 Å². The minimum atomic E-state index is -4.19. The van der Waals surface area contributed by atoms with E-state index in [1.165, 1.54) is 52.9 Å². The lowest BCUT2D eigenvalue weighted by molar-refractivity contribution is -0.159. The summed E-state index contributed by atoms with van der Waals surface area (Å²) in [5.74, 6) is -1.71. The Morgan fingerprint density at radius 2 is 1.74 bits per heavy atom. The summed E-state index contributed by atoms with van der Waals surface area (Å²) in [5, 5.41) is 21.7. The number of aliphatic carboxylic acids is 1. The first kappa shape index (κ1) is 30.1. The maximum Gasteiger partial charge on any atom is 0.508 e. The predicted octanol–water partition coefficient (Wildman–Crippen LogP) is 2.21. The van der Waals surface area contributed by atoms with Gasteiger partial charge in [0.25, 0.3) is 10.1 Å². The normalized spacial score (nSPS) is 16.9. The fourth-order valence-electron chi connectivity index (χ4n) is 3.79. The van der Waals surface area contributed by atoms with Gasteiger partial charge in [-0.15, -0.1) is 0 Å². The van der Waals surface area contributed by atoms with Crippen molar-refractivity contribution in [2.24, 2.45) is 11.3 Å². The average Bonchev–Trinajstić information content (AvgIpc) is 2.77. The van der Waals surface area contributed by atoms with Crippen LogP contribution in [0, 0.1) is 11.3 Å². The first-order chi connectivity index (χ1) is 15.8. The molecule has 0 aromatic heterocycles. The van der Waals surface area contributed by atoms with Crippen LogP contribution in [0.5, 0.6) is 0 Å². The number of amides is 1. The maximum absolute atomic E-state index is 12.4. The van der Waals surface area contributed by atoms with Crippen molar-refractivity contribution >= 4 is 28.1 Å². The summed E-state index contributed by atoms with van der Waals surface area (Å²) < 4.78 is 40.0. The summed E-state index contributed by atoms with van der Waals surface area (Å²) >= 11 is 0. The molecule has 0 aliphatic heterocycles. The van der Waals surface area contributed by atoms with Crippen LogP contribution in [0.25, 0.3) is 0 Å². The minimum absolute atomic E-state index is 0.0560. The molecule has 1 unspecified atom stereocenters. The standard InChI is InChI=1S/C22H39NO10S/c1-16(24)23-12-8-14-34(29,30)33-18(22(2,3)19(25)20(26)27)15-32-21(28)31-13-7-11-17-9-5-4-6-10-17/h17-19,25H,4-15H2,1-3H3,(H,23,24)(H,26,27)/t18?,19-/m0/s1. The number of hydrogen-bond donors (Lipinski definition) is 3. The van der Waals surface area contributed by atoms with Crippen LogP contribution in [0.3, 0.4) is 0 Å². The molecule has 2 atom stereocenters. The van der Waals surface area contributed by atoms with Crippen molar-refractivity contribution in [1.82, 2.24) is 5.32 Å². The SMILES string of the molecule is CC(=O)NCCCS(=O)(=O)OC(COC(=O)OCCCC1CCCCC1)C(C)(C)[C@@H](O)C(=O)O. The second-order valence-corrected chi connectivity index (χ2v) is 11.0. The van der Waals surface area contributed by atoms with Gasteiger partial charge in [0, 0.05) is 18.9 Å². The molecule has 12 heteroatoms. The molecule has 0 aromatic carbocycles. The minimum Gasteiger partial charge on any atom is -0.479 e. The van der Waals surface area contributed by atoms with Gasteiger partial charge in [-0.3, -0.25) is 8.98 Å². The molecule has 0 saturated heterocycles. The number of carbonyl (C=O) groups excluding carboxylic acids is 2. The van der Waals surface area contributed by atoms with E-state index in [4.69, 9.17) is 13.7 Å². The van der Waals surface area contributed by atoms with Gasteiger partial charge in [0.2, 0.25) is 5.91 Å². The molecule has 1 aliphatic carbocycles. The highest BCUT2D eigenvalue weighted by atomic mass is 32.2. The van der Waals surface area contributed by atoms with Crippen molar-refractivity contribution in [3.05, 3.63) is 0 Å². The zero-order valence-corrected chi connectivity index (χ0v) is 21.1. The number of ether oxygens (including phenoxy) is 2. The van der Waals surface area contributed by atoms with Crippen molar-refractivity contribution in [1.29, 1.82) is 0 Å². The van der Waals surface area contributed by atoms with Crippen molar-refractivity contribution in [3.63, 3.8) is 0 Å². The number of hydrogen-bond acceptors (Lipinski definition) is 9. The lowest BCUT2D eigenvalue weighted by Crippen LogP contribution is -2.49. The largest absolute Gasteiger partial charge is 0.508 e. The zero-order valence-electron chi connectivity index (χ0n) is 20.3. The topological polar surface area (TPSA) is 166 Å². The Morgan fingerprint density at radius 1 is 1.09 bits per heavy atom. The van der Waals surface area contributed by atoms with Crippen LogP contribution in [-0.2, 0) is 33.4 Å². The Balaban J connectivity index is 2.63. The van der Waals surface area contributed by atoms with Crippen LogP contribution in [0.1, 0.15) is 72.1 Å². The fourth-order valence-corrected chi connectivity index (χ4v) is 5.04. The molecule has 0 spiro atoms. The second-order valence-electron chi connectivity index (χ2n) is 9.30. The summed E-state index contributed by atoms with van der Waals surface area (Å²) in [7, 11) is -4.19. The van der Waals surface area contributed by atoms with Crippen LogP contribution in [-0.4, -0.2) is 74.4 Å². The molecule has 11 nitrogen and oxygen atoms in total. The highest BCUT2D eigenvalue weighted by Gasteiger charge is 2.44. The van der Waals surface area contributed by atoms with E-state index in [0.29, 0.717) is 12.3 Å². The van der Waals surface area contributed by atoms with Crippen molar-refractivity contribution in [2.75, 3.05) is 25.5 Å². The molecular weight excluding hydrogens is 470 g/mol. The molecule has 198 valence electrons. The van der Waals surface area contributed by atoms with E-state index < -0.39 is 52.2 Å². The van der Waals surface area contributed by atoms with Gasteiger partial charge in [-0.25, -0.2) is 9.59 Å². The van der Waals surface area contributed by atoms with Gasteiger partial charge >= 0.3 is 12.1 Å². The highest BCUT2D eigenvalue weighted by Crippen LogP contribution is 2.30. The summed E-state index contributed by atoms with van der Waals surface area (Å²) in [6.45, 7) is 3.51. The Bertz CT molecular complexity index is 762. The van der Waals surface area contributed by atoms with E-state index in [1.54, 1.807) is 0 Å². The second kappa shape index (κ2) is 14.5. The van der Waals surface area contributed by atoms with Gasteiger partial charge in [-0.1, -0.05) is 46.0 Å². The van der Waals surface area contributed by atoms with E-state index in [2.05, 4.69) is 5.32 Å². The van der Waals surface area contributed by atoms with Crippen LogP contribution >= 0.6 is 0 Å². The fraction of sp³-hybridized carbons (Fsp3) is 0.864. The lowest BCUT2D eigenvalue weighted by Gasteiger charge is -2.35. The first-order valence-electron chi connectivity index (χ1n) is 11.7. The molecule has 1 amide bonds. The molecule has 0 radical (unpaired) electrons. The van der Waals surface area contributed by atoms with Crippen molar-refractivity contribution in [2.45, 2.75) is 84.3 Å². The van der Waals surface area contributed by atoms with Gasteiger partial charge < -0.3 is 25.0 Å². The third-order valence-electron chi connectivity index (χ3n) is 6.03. The predicted molar refractivity (Wildman–Crippen MR) is 122 cm³/mol. The third-order valence-corrected chi connectivity index (χ3v) is 7.34. The molecule has 34 heavy (non-hydrogen) atoms. The van der Waals surface area contributed by atoms with E-state index in [-0.39, 0.29) is 25.5 Å². The smallest absolute Gasteiger partial charge is 0.479 e. The van der Waals surface area contributed by atoms with Gasteiger partial charge in [0.1, 0.15) is 12.7 Å². The number of aliphatic hydroxyl groups is 1. The number of rotatable bonds is 15. The van der Waals surface area contributed by atoms with Crippen LogP contribution < -0.4 is 5.32 Å². The number of carbonyl (C=O) groups is 3. The molecule has 1 aliphatic rings. The molecule has 1 fully saturated rings. The molecule has 0 aromatic rings. The number of aliphatic hydroxyl groups excluding tert-OH is 1. The maximum atomic E-state index is 12.4. The number of nitrogens with one attached hydrogen (secondary N) is 1. The number of carboxylic acid groups (broad SMARTS) is 1. The van der Waals surface area contributed by atoms with Gasteiger partial charge in [-0.2, -0.15) is 8.42 Å². The lowest BCUT2D eigenvalue weighted by atomic mass is 9.81. The molecular formula is C22H39NO10S. The molecule has 1 rings (SSSR count). The van der Waals surface area contributed by atoms with Gasteiger partial charge in [0.05, 0.1) is 12.4 Å². The van der Waals surface area contributed by atoms with Crippen molar-refractivity contribution in [3.8, 4) is 0 Å². The first-order valence-corrected chi connectivity index (χ1v) is 13.3. The Labute approximate surface area is 201 Å². The summed E-state index contributed by atoms with van der Waals surface area (Å²) in [6, 6.07) is 0. The van der Waals surface area contributed by atoms with E-state index in [1.807, 2.05) is 0 Å². The molecule has 1 saturated carbocycles. The Hall–Kier alpha value is -1.92. The zero-order chi connectivity index (χ0) is 25.8. The van der Waals surface area contributed by atoms with Gasteiger partial charge in [-0.05, 0) is 25.2 Å². The average molecular weight is 510 g/mol. The third kappa shape index (κ3) is 11.5. The monoisotopic (exact) mass is 509 g/mol. The number of carboxylic acids is 1. The molecule has 0 bridgehead atoms. The summed E-state index contributed by atoms with van der Waals surface area (Å²) in [6.07, 6.45) is 3.28. The van der Waals surface area contributed by atoms with E-state index in [9.17, 15) is 33.0 Å². The highest BCUT2D eigenvalue weighted by molar-refractivity contribution is 7.86. The van der Waals surface area contributed by atoms with Gasteiger partial charge in [0.15, 0.2) is 6.10 Å². The summed E-state index contributed by atoms with van der Waals surface area (Å²) in [5.41, 5.74) is -1.63. The van der Waals surface area contributed by atoms with E-state index in [0.717, 1.165) is 6.42 Å². The van der Waals surface area contributed by atoms with Crippen LogP contribution in [0.4, 0.5) is 4.79 Å². The molecule has 0 heterocycles. The quantitative estimate of drug-likeness (QED) is 0.169. The summed E-state index contributed by atoms with van der Waals surface area (Å²) in [4.78, 5) is 34.2. The Kier molecular flexibility index (Phi) is 12.8. The molecule has 3 N–H and O–H groups in total. The van der Waals surface area contributed by atoms with Crippen LogP contribution in [0.15, 0.2) is 0 Å². The Morgan fingerprint density at radius 3 is 2.32 bits per heavy atom. The van der Waals surface area contributed by atoms with Crippen LogP contribution in [0.2, 0.25) is 0 Å².